The van der Waals surface area contributed by atoms with E-state index in [2.05, 4.69) is 12.1 Å². The highest BCUT2D eigenvalue weighted by atomic mass is 16.6. The van der Waals surface area contributed by atoms with E-state index in [9.17, 15) is 30.2 Å². The molecule has 10 heteroatoms. The number of fused-ring (bicyclic) bond motifs is 3. The standard InChI is InChI=1S/C20H19N3O7/c1-2-3-4-5-8-30-20(24)17-11-13(23(28)29)10-16-18(17)14-7-6-12(22(26)27)9-15(14)19(16)21-25/h6-7,9-11,25H,2-5,8H2,1H3. The first-order valence-electron chi connectivity index (χ1n) is 9.40. The van der Waals surface area contributed by atoms with Crippen LogP contribution in [-0.4, -0.2) is 33.3 Å². The maximum absolute atomic E-state index is 12.7. The Balaban J connectivity index is 2.08. The normalized spacial score (nSPS) is 13.0. The van der Waals surface area contributed by atoms with E-state index in [1.807, 2.05) is 0 Å². The number of esters is 1. The molecule has 1 aliphatic carbocycles. The molecule has 1 aliphatic rings. The summed E-state index contributed by atoms with van der Waals surface area (Å²) in [5.41, 5.74) is 0.285. The van der Waals surface area contributed by atoms with Crippen molar-refractivity contribution in [3.63, 3.8) is 0 Å². The van der Waals surface area contributed by atoms with E-state index in [-0.39, 0.29) is 45.9 Å². The minimum absolute atomic E-state index is 0.0524. The Morgan fingerprint density at radius 3 is 2.33 bits per heavy atom. The topological polar surface area (TPSA) is 145 Å². The summed E-state index contributed by atoms with van der Waals surface area (Å²) in [6.07, 6.45) is 3.60. The third-order valence-corrected chi connectivity index (χ3v) is 4.88. The van der Waals surface area contributed by atoms with Gasteiger partial charge < -0.3 is 9.94 Å². The molecule has 3 rings (SSSR count). The molecule has 0 saturated carbocycles. The smallest absolute Gasteiger partial charge is 0.339 e. The van der Waals surface area contributed by atoms with Gasteiger partial charge in [0, 0.05) is 41.0 Å². The van der Waals surface area contributed by atoms with E-state index in [4.69, 9.17) is 4.74 Å². The summed E-state index contributed by atoms with van der Waals surface area (Å²) in [5, 5.41) is 35.2. The highest BCUT2D eigenvalue weighted by molar-refractivity contribution is 6.27. The van der Waals surface area contributed by atoms with Crippen LogP contribution in [0.15, 0.2) is 35.5 Å². The Hall–Kier alpha value is -3.82. The Morgan fingerprint density at radius 2 is 1.70 bits per heavy atom. The molecule has 0 unspecified atom stereocenters. The molecule has 0 atom stereocenters. The number of benzene rings is 2. The van der Waals surface area contributed by atoms with Gasteiger partial charge in [0.2, 0.25) is 0 Å². The van der Waals surface area contributed by atoms with Crippen LogP contribution in [0, 0.1) is 20.2 Å². The minimum Gasteiger partial charge on any atom is -0.462 e. The van der Waals surface area contributed by atoms with Crippen LogP contribution >= 0.6 is 0 Å². The monoisotopic (exact) mass is 413 g/mol. The number of carbonyl (C=O) groups is 1. The number of rotatable bonds is 8. The fourth-order valence-electron chi connectivity index (χ4n) is 3.45. The van der Waals surface area contributed by atoms with Gasteiger partial charge in [-0.15, -0.1) is 0 Å². The number of non-ortho nitro benzene ring substituents is 2. The summed E-state index contributed by atoms with van der Waals surface area (Å²) in [6.45, 7) is 2.23. The van der Waals surface area contributed by atoms with Crippen LogP contribution in [-0.2, 0) is 4.74 Å². The summed E-state index contributed by atoms with van der Waals surface area (Å²) in [6, 6.07) is 6.17. The van der Waals surface area contributed by atoms with E-state index in [0.29, 0.717) is 12.0 Å². The highest BCUT2D eigenvalue weighted by Gasteiger charge is 2.34. The Bertz CT molecular complexity index is 1060. The van der Waals surface area contributed by atoms with E-state index in [0.717, 1.165) is 25.3 Å². The summed E-state index contributed by atoms with van der Waals surface area (Å²) in [4.78, 5) is 34.0. The molecule has 2 aromatic carbocycles. The van der Waals surface area contributed by atoms with Crippen LogP contribution in [0.2, 0.25) is 0 Å². The van der Waals surface area contributed by atoms with Crippen molar-refractivity contribution in [3.8, 4) is 11.1 Å². The second-order valence-corrected chi connectivity index (χ2v) is 6.81. The molecule has 30 heavy (non-hydrogen) atoms. The van der Waals surface area contributed by atoms with Crippen LogP contribution in [0.25, 0.3) is 11.1 Å². The van der Waals surface area contributed by atoms with Crippen LogP contribution < -0.4 is 0 Å². The van der Waals surface area contributed by atoms with Crippen molar-refractivity contribution in [2.45, 2.75) is 32.6 Å². The molecule has 0 saturated heterocycles. The number of oxime groups is 1. The van der Waals surface area contributed by atoms with Crippen molar-refractivity contribution in [1.29, 1.82) is 0 Å². The van der Waals surface area contributed by atoms with Crippen molar-refractivity contribution in [3.05, 3.63) is 67.3 Å². The number of nitro benzene ring substituents is 2. The van der Waals surface area contributed by atoms with E-state index in [1.165, 1.54) is 24.3 Å². The maximum atomic E-state index is 12.7. The lowest BCUT2D eigenvalue weighted by molar-refractivity contribution is -0.385. The van der Waals surface area contributed by atoms with Gasteiger partial charge in [0.1, 0.15) is 5.71 Å². The highest BCUT2D eigenvalue weighted by Crippen LogP contribution is 2.43. The lowest BCUT2D eigenvalue weighted by Gasteiger charge is -2.10. The summed E-state index contributed by atoms with van der Waals surface area (Å²) >= 11 is 0. The van der Waals surface area contributed by atoms with E-state index < -0.39 is 15.8 Å². The molecule has 156 valence electrons. The molecule has 0 radical (unpaired) electrons. The predicted molar refractivity (Wildman–Crippen MR) is 107 cm³/mol. The van der Waals surface area contributed by atoms with Gasteiger partial charge in [-0.25, -0.2) is 4.79 Å². The average Bonchev–Trinajstić information content (AvgIpc) is 3.05. The van der Waals surface area contributed by atoms with Gasteiger partial charge in [-0.2, -0.15) is 0 Å². The second-order valence-electron chi connectivity index (χ2n) is 6.81. The first kappa shape index (κ1) is 20.9. The predicted octanol–water partition coefficient (Wildman–Crippen LogP) is 4.45. The summed E-state index contributed by atoms with van der Waals surface area (Å²) in [5.74, 6) is -0.741. The number of ether oxygens (including phenoxy) is 1. The van der Waals surface area contributed by atoms with Gasteiger partial charge in [0.05, 0.1) is 22.0 Å². The molecule has 0 amide bonds. The first-order chi connectivity index (χ1) is 14.4. The van der Waals surface area contributed by atoms with Gasteiger partial charge in [0.15, 0.2) is 0 Å². The molecule has 2 aromatic rings. The van der Waals surface area contributed by atoms with E-state index in [1.54, 1.807) is 0 Å². The summed E-state index contributed by atoms with van der Waals surface area (Å²) in [7, 11) is 0. The van der Waals surface area contributed by atoms with Gasteiger partial charge >= 0.3 is 5.97 Å². The Morgan fingerprint density at radius 1 is 1.00 bits per heavy atom. The fourth-order valence-corrected chi connectivity index (χ4v) is 3.45. The zero-order valence-corrected chi connectivity index (χ0v) is 16.2. The SMILES string of the molecule is CCCCCCOC(=O)c1cc([N+](=O)[O-])cc2c1-c1ccc([N+](=O)[O-])cc1C2=NO. The van der Waals surface area contributed by atoms with Crippen molar-refractivity contribution in [2.24, 2.45) is 5.16 Å². The number of nitrogens with zero attached hydrogens (tertiary/aromatic N) is 3. The van der Waals surface area contributed by atoms with Gasteiger partial charge in [-0.3, -0.25) is 20.2 Å². The molecule has 0 spiro atoms. The number of nitro groups is 2. The zero-order chi connectivity index (χ0) is 21.8. The summed E-state index contributed by atoms with van der Waals surface area (Å²) < 4.78 is 5.31. The van der Waals surface area contributed by atoms with Crippen molar-refractivity contribution in [1.82, 2.24) is 0 Å². The largest absolute Gasteiger partial charge is 0.462 e. The van der Waals surface area contributed by atoms with Crippen LogP contribution in [0.3, 0.4) is 0 Å². The van der Waals surface area contributed by atoms with Gasteiger partial charge in [-0.05, 0) is 18.1 Å². The van der Waals surface area contributed by atoms with Crippen molar-refractivity contribution in [2.75, 3.05) is 6.61 Å². The van der Waals surface area contributed by atoms with Crippen LogP contribution in [0.5, 0.6) is 0 Å². The number of hydrogen-bond donors (Lipinski definition) is 1. The van der Waals surface area contributed by atoms with Crippen molar-refractivity contribution < 1.29 is 24.6 Å². The second kappa shape index (κ2) is 8.68. The third-order valence-electron chi connectivity index (χ3n) is 4.88. The maximum Gasteiger partial charge on any atom is 0.339 e. The average molecular weight is 413 g/mol. The van der Waals surface area contributed by atoms with Gasteiger partial charge in [-0.1, -0.05) is 31.3 Å². The molecular weight excluding hydrogens is 394 g/mol. The van der Waals surface area contributed by atoms with Crippen LogP contribution in [0.4, 0.5) is 11.4 Å². The molecular formula is C20H19N3O7. The lowest BCUT2D eigenvalue weighted by Crippen LogP contribution is -2.10. The fraction of sp³-hybridized carbons (Fsp3) is 0.300. The molecule has 0 fully saturated rings. The Kier molecular flexibility index (Phi) is 6.05. The number of carbonyl (C=O) groups excluding carboxylic acids is 1. The number of unbranched alkanes of at least 4 members (excludes halogenated alkanes) is 3. The third kappa shape index (κ3) is 3.84. The number of hydrogen-bond acceptors (Lipinski definition) is 8. The lowest BCUT2D eigenvalue weighted by atomic mass is 9.98. The zero-order valence-electron chi connectivity index (χ0n) is 16.2. The molecule has 0 aliphatic heterocycles. The minimum atomic E-state index is -0.741. The molecule has 10 nitrogen and oxygen atoms in total. The molecule has 0 bridgehead atoms. The van der Waals surface area contributed by atoms with Gasteiger partial charge in [0.25, 0.3) is 11.4 Å². The molecule has 0 heterocycles. The first-order valence-corrected chi connectivity index (χ1v) is 9.40. The van der Waals surface area contributed by atoms with Crippen molar-refractivity contribution >= 4 is 23.1 Å². The molecule has 0 aromatic heterocycles. The molecule has 1 N–H and O–H groups in total. The van der Waals surface area contributed by atoms with E-state index >= 15 is 0 Å². The van der Waals surface area contributed by atoms with Crippen LogP contribution in [0.1, 0.15) is 54.1 Å². The Labute approximate surface area is 171 Å². The quantitative estimate of drug-likeness (QED) is 0.189.